The zero-order valence-corrected chi connectivity index (χ0v) is 17.4. The number of carbonyl (C=O) groups excluding carboxylic acids is 2. The summed E-state index contributed by atoms with van der Waals surface area (Å²) in [5, 5.41) is 15.2. The lowest BCUT2D eigenvalue weighted by Crippen LogP contribution is -2.29. The van der Waals surface area contributed by atoms with Gasteiger partial charge in [-0.25, -0.2) is 0 Å². The van der Waals surface area contributed by atoms with Crippen molar-refractivity contribution in [3.8, 4) is 11.8 Å². The Morgan fingerprint density at radius 3 is 2.43 bits per heavy atom. The van der Waals surface area contributed by atoms with Crippen molar-refractivity contribution in [2.75, 3.05) is 42.3 Å². The predicted octanol–water partition coefficient (Wildman–Crippen LogP) is 3.68. The Kier molecular flexibility index (Phi) is 8.51. The van der Waals surface area contributed by atoms with Crippen molar-refractivity contribution in [1.29, 1.82) is 5.26 Å². The van der Waals surface area contributed by atoms with Gasteiger partial charge in [0.2, 0.25) is 5.91 Å². The van der Waals surface area contributed by atoms with Crippen LogP contribution in [0.2, 0.25) is 0 Å². The molecule has 0 atom stereocenters. The SMILES string of the molecule is COc1c(Nc2ccccc2)cc(NC(C)=O)cc1N(CCC#N)CCOC(C)=O. The molecule has 0 unspecified atom stereocenters. The maximum atomic E-state index is 11.7. The minimum Gasteiger partial charge on any atom is -0.492 e. The molecule has 0 saturated heterocycles. The molecule has 8 nitrogen and oxygen atoms in total. The Morgan fingerprint density at radius 1 is 1.10 bits per heavy atom. The summed E-state index contributed by atoms with van der Waals surface area (Å²) in [6.07, 6.45) is 0.273. The van der Waals surface area contributed by atoms with Gasteiger partial charge in [-0.3, -0.25) is 9.59 Å². The van der Waals surface area contributed by atoms with E-state index in [4.69, 9.17) is 14.7 Å². The molecule has 0 heterocycles. The number of benzene rings is 2. The number of ether oxygens (including phenoxy) is 2. The highest BCUT2D eigenvalue weighted by Crippen LogP contribution is 2.40. The highest BCUT2D eigenvalue weighted by atomic mass is 16.5. The molecule has 0 aromatic heterocycles. The number of nitrogens with one attached hydrogen (secondary N) is 2. The Bertz CT molecular complexity index is 909. The van der Waals surface area contributed by atoms with Crippen molar-refractivity contribution in [1.82, 2.24) is 0 Å². The first-order valence-corrected chi connectivity index (χ1v) is 9.51. The van der Waals surface area contributed by atoms with E-state index in [0.29, 0.717) is 35.9 Å². The van der Waals surface area contributed by atoms with Crippen LogP contribution in [0.5, 0.6) is 5.75 Å². The van der Waals surface area contributed by atoms with Crippen LogP contribution in [0.25, 0.3) is 0 Å². The van der Waals surface area contributed by atoms with Crippen LogP contribution in [0.1, 0.15) is 20.3 Å². The second kappa shape index (κ2) is 11.3. The van der Waals surface area contributed by atoms with Gasteiger partial charge in [-0.15, -0.1) is 0 Å². The maximum absolute atomic E-state index is 11.7. The molecular weight excluding hydrogens is 384 g/mol. The molecule has 1 amide bonds. The number of nitrogens with zero attached hydrogens (tertiary/aromatic N) is 2. The summed E-state index contributed by atoms with van der Waals surface area (Å²) in [5.74, 6) is -0.0328. The van der Waals surface area contributed by atoms with Gasteiger partial charge in [0, 0.05) is 31.8 Å². The van der Waals surface area contributed by atoms with Crippen LogP contribution in [0.15, 0.2) is 42.5 Å². The first-order valence-electron chi connectivity index (χ1n) is 9.51. The number of para-hydroxylation sites is 1. The van der Waals surface area contributed by atoms with E-state index < -0.39 is 0 Å². The van der Waals surface area contributed by atoms with Crippen LogP contribution >= 0.6 is 0 Å². The summed E-state index contributed by atoms with van der Waals surface area (Å²) in [5.41, 5.74) is 2.75. The van der Waals surface area contributed by atoms with E-state index in [1.807, 2.05) is 35.2 Å². The quantitative estimate of drug-likeness (QED) is 0.576. The van der Waals surface area contributed by atoms with Crippen LogP contribution in [0, 0.1) is 11.3 Å². The lowest BCUT2D eigenvalue weighted by molar-refractivity contribution is -0.140. The number of amides is 1. The number of carbonyl (C=O) groups is 2. The first kappa shape index (κ1) is 22.6. The van der Waals surface area contributed by atoms with Gasteiger partial charge in [-0.1, -0.05) is 18.2 Å². The summed E-state index contributed by atoms with van der Waals surface area (Å²) < 4.78 is 10.8. The fourth-order valence-corrected chi connectivity index (χ4v) is 2.95. The van der Waals surface area contributed by atoms with Crippen LogP contribution in [0.3, 0.4) is 0 Å². The van der Waals surface area contributed by atoms with Crippen LogP contribution in [0.4, 0.5) is 22.7 Å². The number of nitriles is 1. The molecule has 2 aromatic carbocycles. The third kappa shape index (κ3) is 6.71. The number of esters is 1. The van der Waals surface area contributed by atoms with Crippen molar-refractivity contribution in [2.45, 2.75) is 20.3 Å². The Labute approximate surface area is 176 Å². The van der Waals surface area contributed by atoms with Gasteiger partial charge in [0.05, 0.1) is 37.5 Å². The van der Waals surface area contributed by atoms with Crippen molar-refractivity contribution >= 4 is 34.6 Å². The van der Waals surface area contributed by atoms with E-state index in [1.165, 1.54) is 13.8 Å². The summed E-state index contributed by atoms with van der Waals surface area (Å²) >= 11 is 0. The molecule has 0 aliphatic carbocycles. The average molecular weight is 410 g/mol. The topological polar surface area (TPSA) is 104 Å². The van der Waals surface area contributed by atoms with Gasteiger partial charge >= 0.3 is 5.97 Å². The van der Waals surface area contributed by atoms with E-state index in [9.17, 15) is 9.59 Å². The predicted molar refractivity (Wildman–Crippen MR) is 116 cm³/mol. The van der Waals surface area contributed by atoms with Crippen LogP contribution < -0.4 is 20.3 Å². The molecular formula is C22H26N4O4. The molecule has 2 N–H and O–H groups in total. The number of anilines is 4. The Hall–Kier alpha value is -3.73. The molecule has 0 fully saturated rings. The summed E-state index contributed by atoms with van der Waals surface area (Å²) in [6, 6.07) is 15.3. The summed E-state index contributed by atoms with van der Waals surface area (Å²) in [6.45, 7) is 3.71. The molecule has 0 spiro atoms. The molecule has 0 radical (unpaired) electrons. The standard InChI is InChI=1S/C22H26N4O4/c1-16(27)24-19-14-20(25-18-8-5-4-6-9-18)22(29-3)21(15-19)26(11-7-10-23)12-13-30-17(2)28/h4-6,8-9,14-15,25H,7,11-13H2,1-3H3,(H,24,27). The highest BCUT2D eigenvalue weighted by Gasteiger charge is 2.19. The first-order chi connectivity index (χ1) is 14.4. The monoisotopic (exact) mass is 410 g/mol. The fourth-order valence-electron chi connectivity index (χ4n) is 2.95. The minimum atomic E-state index is -0.374. The van der Waals surface area contributed by atoms with Crippen molar-refractivity contribution in [3.05, 3.63) is 42.5 Å². The van der Waals surface area contributed by atoms with E-state index in [-0.39, 0.29) is 24.9 Å². The maximum Gasteiger partial charge on any atom is 0.302 e. The smallest absolute Gasteiger partial charge is 0.302 e. The minimum absolute atomic E-state index is 0.162. The average Bonchev–Trinajstić information content (AvgIpc) is 2.70. The third-order valence-electron chi connectivity index (χ3n) is 4.15. The fraction of sp³-hybridized carbons (Fsp3) is 0.318. The zero-order chi connectivity index (χ0) is 21.9. The van der Waals surface area contributed by atoms with Gasteiger partial charge in [0.1, 0.15) is 6.61 Å². The lowest BCUT2D eigenvalue weighted by Gasteiger charge is -2.27. The zero-order valence-electron chi connectivity index (χ0n) is 17.4. The van der Waals surface area contributed by atoms with E-state index in [1.54, 1.807) is 19.2 Å². The number of hydrogen-bond acceptors (Lipinski definition) is 7. The van der Waals surface area contributed by atoms with Gasteiger partial charge in [0.25, 0.3) is 0 Å². The molecule has 30 heavy (non-hydrogen) atoms. The van der Waals surface area contributed by atoms with Gasteiger partial charge < -0.3 is 25.0 Å². The second-order valence-electron chi connectivity index (χ2n) is 6.48. The third-order valence-corrected chi connectivity index (χ3v) is 4.15. The van der Waals surface area contributed by atoms with Crippen molar-refractivity contribution < 1.29 is 19.1 Å². The van der Waals surface area contributed by atoms with E-state index in [2.05, 4.69) is 16.7 Å². The lowest BCUT2D eigenvalue weighted by atomic mass is 10.1. The summed E-state index contributed by atoms with van der Waals surface area (Å²) in [7, 11) is 1.56. The largest absolute Gasteiger partial charge is 0.492 e. The molecule has 0 bridgehead atoms. The summed E-state index contributed by atoms with van der Waals surface area (Å²) in [4.78, 5) is 24.7. The second-order valence-corrected chi connectivity index (χ2v) is 6.48. The molecule has 158 valence electrons. The number of methoxy groups -OCH3 is 1. The van der Waals surface area contributed by atoms with E-state index >= 15 is 0 Å². The molecule has 0 saturated carbocycles. The van der Waals surface area contributed by atoms with Crippen LogP contribution in [-0.2, 0) is 14.3 Å². The molecule has 0 aliphatic heterocycles. The molecule has 2 aromatic rings. The Morgan fingerprint density at radius 2 is 1.83 bits per heavy atom. The van der Waals surface area contributed by atoms with Crippen LogP contribution in [-0.4, -0.2) is 38.7 Å². The normalized spacial score (nSPS) is 9.93. The van der Waals surface area contributed by atoms with Crippen molar-refractivity contribution in [2.24, 2.45) is 0 Å². The molecule has 2 rings (SSSR count). The molecule has 8 heteroatoms. The number of hydrogen-bond donors (Lipinski definition) is 2. The van der Waals surface area contributed by atoms with Crippen molar-refractivity contribution in [3.63, 3.8) is 0 Å². The highest BCUT2D eigenvalue weighted by molar-refractivity contribution is 5.92. The van der Waals surface area contributed by atoms with E-state index in [0.717, 1.165) is 5.69 Å². The van der Waals surface area contributed by atoms with Gasteiger partial charge in [0.15, 0.2) is 5.75 Å². The van der Waals surface area contributed by atoms with Gasteiger partial charge in [-0.2, -0.15) is 5.26 Å². The number of rotatable bonds is 10. The van der Waals surface area contributed by atoms with Gasteiger partial charge in [-0.05, 0) is 24.3 Å². The molecule has 0 aliphatic rings. The Balaban J connectivity index is 2.48.